The Morgan fingerprint density at radius 3 is 3.23 bits per heavy atom. The molecule has 1 atom stereocenters. The number of rotatable bonds is 0. The minimum atomic E-state index is 0.282. The fourth-order valence-electron chi connectivity index (χ4n) is 1.45. The largest absolute Gasteiger partial charge is 0.260 e. The first-order chi connectivity index (χ1) is 6.38. The Morgan fingerprint density at radius 1 is 1.38 bits per heavy atom. The van der Waals surface area contributed by atoms with Gasteiger partial charge in [0.05, 0.1) is 5.71 Å². The molecule has 1 heterocycles. The Morgan fingerprint density at radius 2 is 2.31 bits per heavy atom. The van der Waals surface area contributed by atoms with Crippen LogP contribution < -0.4 is 0 Å². The molecule has 0 radical (unpaired) electrons. The van der Waals surface area contributed by atoms with Gasteiger partial charge < -0.3 is 0 Å². The highest BCUT2D eigenvalue weighted by molar-refractivity contribution is 6.04. The first-order valence-corrected chi connectivity index (χ1v) is 4.39. The maximum Gasteiger partial charge on any atom is 0.0545 e. The van der Waals surface area contributed by atoms with E-state index in [1.807, 2.05) is 36.6 Å². The van der Waals surface area contributed by atoms with Crippen LogP contribution in [0.25, 0.3) is 0 Å². The van der Waals surface area contributed by atoms with E-state index in [2.05, 4.69) is 23.7 Å². The van der Waals surface area contributed by atoms with E-state index in [0.717, 1.165) is 5.71 Å². The second-order valence-corrected chi connectivity index (χ2v) is 3.12. The first-order valence-electron chi connectivity index (χ1n) is 4.39. The van der Waals surface area contributed by atoms with E-state index in [1.54, 1.807) is 0 Å². The van der Waals surface area contributed by atoms with Crippen molar-refractivity contribution >= 4 is 5.71 Å². The molecular weight excluding hydrogens is 158 g/mol. The van der Waals surface area contributed by atoms with Crippen LogP contribution in [0.5, 0.6) is 0 Å². The second kappa shape index (κ2) is 3.42. The zero-order chi connectivity index (χ0) is 9.10. The van der Waals surface area contributed by atoms with Crippen molar-refractivity contribution in [2.24, 2.45) is 10.9 Å². The zero-order valence-electron chi connectivity index (χ0n) is 7.57. The van der Waals surface area contributed by atoms with Gasteiger partial charge >= 0.3 is 0 Å². The summed E-state index contributed by atoms with van der Waals surface area (Å²) in [5.41, 5.74) is 5.45. The molecule has 0 aromatic rings. The van der Waals surface area contributed by atoms with Gasteiger partial charge in [0.25, 0.3) is 0 Å². The molecule has 1 nitrogen and oxygen atoms in total. The molecule has 64 valence electrons. The van der Waals surface area contributed by atoms with Crippen LogP contribution in [0, 0.1) is 5.92 Å². The minimum Gasteiger partial charge on any atom is -0.260 e. The molecule has 0 spiro atoms. The standard InChI is InChI=1S/C12H11N/c1-10-6-2-3-7-11-8-4-5-9-13-12(10)11/h2,4-9,11H,1H3. The van der Waals surface area contributed by atoms with Crippen molar-refractivity contribution in [1.82, 2.24) is 0 Å². The molecule has 2 aliphatic rings. The van der Waals surface area contributed by atoms with Crippen molar-refractivity contribution in [2.45, 2.75) is 6.92 Å². The molecule has 1 unspecified atom stereocenters. The van der Waals surface area contributed by atoms with Gasteiger partial charge in [-0.1, -0.05) is 12.2 Å². The summed E-state index contributed by atoms with van der Waals surface area (Å²) < 4.78 is 0. The van der Waals surface area contributed by atoms with Crippen molar-refractivity contribution < 1.29 is 0 Å². The Labute approximate surface area is 78.2 Å². The van der Waals surface area contributed by atoms with Crippen LogP contribution in [0.2, 0.25) is 0 Å². The van der Waals surface area contributed by atoms with Gasteiger partial charge in [0.1, 0.15) is 0 Å². The fraction of sp³-hybridized carbons (Fsp3) is 0.167. The van der Waals surface area contributed by atoms with E-state index < -0.39 is 0 Å². The van der Waals surface area contributed by atoms with Gasteiger partial charge in [-0.05, 0) is 36.8 Å². The summed E-state index contributed by atoms with van der Waals surface area (Å²) in [7, 11) is 0. The van der Waals surface area contributed by atoms with Crippen LogP contribution in [-0.2, 0) is 0 Å². The Balaban J connectivity index is 2.51. The number of nitrogens with zero attached hydrogens (tertiary/aromatic N) is 1. The number of allylic oxidation sites excluding steroid dienone is 6. The third kappa shape index (κ3) is 1.61. The third-order valence-electron chi connectivity index (χ3n) is 2.15. The summed E-state index contributed by atoms with van der Waals surface area (Å²) in [6.07, 6.45) is 14.0. The second-order valence-electron chi connectivity index (χ2n) is 3.12. The van der Waals surface area contributed by atoms with Crippen molar-refractivity contribution in [1.29, 1.82) is 0 Å². The molecule has 0 aromatic carbocycles. The Kier molecular flexibility index (Phi) is 2.11. The zero-order valence-corrected chi connectivity index (χ0v) is 7.57. The molecule has 0 fully saturated rings. The van der Waals surface area contributed by atoms with Gasteiger partial charge in [-0.2, -0.15) is 0 Å². The maximum atomic E-state index is 4.40. The van der Waals surface area contributed by atoms with Crippen LogP contribution in [0.15, 0.2) is 59.0 Å². The lowest BCUT2D eigenvalue weighted by Crippen LogP contribution is -2.09. The highest BCUT2D eigenvalue weighted by atomic mass is 14.7. The lowest BCUT2D eigenvalue weighted by molar-refractivity contribution is 1.13. The molecule has 0 N–H and O–H groups in total. The van der Waals surface area contributed by atoms with Crippen molar-refractivity contribution in [3.63, 3.8) is 0 Å². The molecule has 1 aliphatic heterocycles. The SMILES string of the molecule is CC1=CC=C=CC2C=CC=CN=C12. The van der Waals surface area contributed by atoms with Gasteiger partial charge in [-0.3, -0.25) is 4.99 Å². The maximum absolute atomic E-state index is 4.40. The van der Waals surface area contributed by atoms with Gasteiger partial charge in [0, 0.05) is 12.1 Å². The smallest absolute Gasteiger partial charge is 0.0545 e. The molecule has 2 rings (SSSR count). The van der Waals surface area contributed by atoms with E-state index >= 15 is 0 Å². The van der Waals surface area contributed by atoms with Crippen LogP contribution in [0.1, 0.15) is 6.92 Å². The number of fused-ring (bicyclic) bond motifs is 1. The van der Waals surface area contributed by atoms with Crippen LogP contribution in [-0.4, -0.2) is 5.71 Å². The number of aliphatic imine (C=N–C) groups is 1. The Bertz CT molecular complexity index is 385. The number of hydrogen-bond donors (Lipinski definition) is 0. The minimum absolute atomic E-state index is 0.282. The average Bonchev–Trinajstić information content (AvgIpc) is 2.43. The first kappa shape index (κ1) is 8.03. The topological polar surface area (TPSA) is 12.4 Å². The van der Waals surface area contributed by atoms with Crippen LogP contribution >= 0.6 is 0 Å². The van der Waals surface area contributed by atoms with E-state index in [0.29, 0.717) is 0 Å². The molecule has 0 amide bonds. The highest BCUT2D eigenvalue weighted by Crippen LogP contribution is 2.16. The summed E-state index contributed by atoms with van der Waals surface area (Å²) in [4.78, 5) is 4.40. The van der Waals surface area contributed by atoms with Crippen LogP contribution in [0.4, 0.5) is 0 Å². The van der Waals surface area contributed by atoms with Crippen molar-refractivity contribution in [2.75, 3.05) is 0 Å². The molecule has 13 heavy (non-hydrogen) atoms. The molecule has 0 bridgehead atoms. The van der Waals surface area contributed by atoms with E-state index in [9.17, 15) is 0 Å². The molecule has 1 aliphatic carbocycles. The van der Waals surface area contributed by atoms with Crippen molar-refractivity contribution in [3.8, 4) is 0 Å². The number of hydrogen-bond acceptors (Lipinski definition) is 1. The van der Waals surface area contributed by atoms with Gasteiger partial charge in [-0.15, -0.1) is 5.73 Å². The monoisotopic (exact) mass is 169 g/mol. The summed E-state index contributed by atoms with van der Waals surface area (Å²) >= 11 is 0. The van der Waals surface area contributed by atoms with Crippen LogP contribution in [0.3, 0.4) is 0 Å². The lowest BCUT2D eigenvalue weighted by atomic mass is 9.98. The fourth-order valence-corrected chi connectivity index (χ4v) is 1.45. The quantitative estimate of drug-likeness (QED) is 0.494. The van der Waals surface area contributed by atoms with E-state index in [1.165, 1.54) is 5.57 Å². The van der Waals surface area contributed by atoms with Gasteiger partial charge in [-0.25, -0.2) is 0 Å². The molecule has 1 heteroatoms. The molecular formula is C12H11N. The summed E-state index contributed by atoms with van der Waals surface area (Å²) in [6.45, 7) is 2.08. The Hall–Kier alpha value is -1.59. The average molecular weight is 169 g/mol. The summed E-state index contributed by atoms with van der Waals surface area (Å²) in [6, 6.07) is 0. The predicted octanol–water partition coefficient (Wildman–Crippen LogP) is 2.80. The van der Waals surface area contributed by atoms with E-state index in [-0.39, 0.29) is 5.92 Å². The normalized spacial score (nSPS) is 24.5. The lowest BCUT2D eigenvalue weighted by Gasteiger charge is -2.08. The highest BCUT2D eigenvalue weighted by Gasteiger charge is 2.12. The van der Waals surface area contributed by atoms with Gasteiger partial charge in [0.2, 0.25) is 0 Å². The third-order valence-corrected chi connectivity index (χ3v) is 2.15. The molecule has 0 saturated carbocycles. The summed E-state index contributed by atoms with van der Waals surface area (Å²) in [5.74, 6) is 0.282. The predicted molar refractivity (Wildman–Crippen MR) is 55.6 cm³/mol. The van der Waals surface area contributed by atoms with E-state index in [4.69, 9.17) is 0 Å². The molecule has 0 saturated heterocycles. The molecule has 0 aromatic heterocycles. The van der Waals surface area contributed by atoms with Crippen molar-refractivity contribution in [3.05, 3.63) is 54.0 Å². The van der Waals surface area contributed by atoms with Gasteiger partial charge in [0.15, 0.2) is 0 Å². The summed E-state index contributed by atoms with van der Waals surface area (Å²) in [5, 5.41) is 0.